The van der Waals surface area contributed by atoms with Crippen molar-refractivity contribution in [3.8, 4) is 11.3 Å². The third-order valence-corrected chi connectivity index (χ3v) is 7.42. The summed E-state index contributed by atoms with van der Waals surface area (Å²) in [7, 11) is -3.19. The minimum absolute atomic E-state index is 0.194. The molecule has 30 heavy (non-hydrogen) atoms. The van der Waals surface area contributed by atoms with E-state index in [1.807, 2.05) is 36.6 Å². The molecule has 1 N–H and O–H groups in total. The summed E-state index contributed by atoms with van der Waals surface area (Å²) in [5.74, 6) is -0.0439. The first-order valence-electron chi connectivity index (χ1n) is 9.53. The number of anilines is 2. The molecule has 0 atom stereocenters. The Labute approximate surface area is 179 Å². The highest BCUT2D eigenvalue weighted by molar-refractivity contribution is 7.93. The molecule has 0 radical (unpaired) electrons. The van der Waals surface area contributed by atoms with E-state index in [1.54, 1.807) is 41.7 Å². The quantitative estimate of drug-likeness (QED) is 0.601. The maximum atomic E-state index is 12.2. The normalized spacial score (nSPS) is 15.6. The van der Waals surface area contributed by atoms with Gasteiger partial charge in [0, 0.05) is 29.3 Å². The maximum Gasteiger partial charge on any atom is 0.248 e. The Hall–Kier alpha value is -2.97. The van der Waals surface area contributed by atoms with E-state index in [-0.39, 0.29) is 11.7 Å². The lowest BCUT2D eigenvalue weighted by atomic mass is 10.1. The highest BCUT2D eigenvalue weighted by Gasteiger charge is 2.28. The average molecular weight is 440 g/mol. The van der Waals surface area contributed by atoms with E-state index >= 15 is 0 Å². The highest BCUT2D eigenvalue weighted by atomic mass is 32.2. The predicted octanol–water partition coefficient (Wildman–Crippen LogP) is 4.31. The zero-order chi connectivity index (χ0) is 21.1. The molecule has 4 rings (SSSR count). The maximum absolute atomic E-state index is 12.2. The van der Waals surface area contributed by atoms with Gasteiger partial charge < -0.3 is 5.32 Å². The lowest BCUT2D eigenvalue weighted by molar-refractivity contribution is -0.111. The van der Waals surface area contributed by atoms with Crippen molar-refractivity contribution in [1.29, 1.82) is 0 Å². The number of thiazole rings is 1. The van der Waals surface area contributed by atoms with Crippen LogP contribution in [-0.4, -0.2) is 31.6 Å². The number of carbonyl (C=O) groups excluding carboxylic acids is 1. The molecule has 1 amide bonds. The second-order valence-electron chi connectivity index (χ2n) is 6.98. The van der Waals surface area contributed by atoms with E-state index in [0.717, 1.165) is 21.8 Å². The van der Waals surface area contributed by atoms with Crippen molar-refractivity contribution in [2.75, 3.05) is 21.9 Å². The van der Waals surface area contributed by atoms with Gasteiger partial charge in [-0.1, -0.05) is 24.3 Å². The number of amides is 1. The Bertz CT molecular complexity index is 1180. The van der Waals surface area contributed by atoms with Crippen LogP contribution >= 0.6 is 11.3 Å². The van der Waals surface area contributed by atoms with E-state index in [1.165, 1.54) is 10.4 Å². The summed E-state index contributed by atoms with van der Waals surface area (Å²) in [4.78, 5) is 16.7. The topological polar surface area (TPSA) is 79.4 Å². The summed E-state index contributed by atoms with van der Waals surface area (Å²) < 4.78 is 25.4. The number of benzene rings is 2. The van der Waals surface area contributed by atoms with Crippen molar-refractivity contribution in [3.05, 3.63) is 70.6 Å². The molecule has 1 aromatic heterocycles. The Morgan fingerprint density at radius 3 is 2.47 bits per heavy atom. The standard InChI is InChI=1S/C22H21N3O3S2/c1-16-23-21(15-29-16)18-6-8-19(9-7-18)24-22(26)12-5-17-3-10-20(11-4-17)25-13-2-14-30(25,27)28/h3-12,15H,2,13-14H2,1H3,(H,24,26)/b12-5+. The van der Waals surface area contributed by atoms with Crippen LogP contribution in [-0.2, 0) is 14.8 Å². The minimum atomic E-state index is -3.19. The molecule has 1 saturated heterocycles. The fourth-order valence-corrected chi connectivity index (χ4v) is 5.44. The number of hydrogen-bond donors (Lipinski definition) is 1. The first-order chi connectivity index (χ1) is 14.4. The second kappa shape index (κ2) is 8.41. The van der Waals surface area contributed by atoms with E-state index in [0.29, 0.717) is 24.3 Å². The second-order valence-corrected chi connectivity index (χ2v) is 10.1. The molecule has 0 unspecified atom stereocenters. The van der Waals surface area contributed by atoms with Gasteiger partial charge in [0.15, 0.2) is 0 Å². The van der Waals surface area contributed by atoms with E-state index in [2.05, 4.69) is 10.3 Å². The van der Waals surface area contributed by atoms with Gasteiger partial charge in [-0.3, -0.25) is 9.10 Å². The Morgan fingerprint density at radius 2 is 1.87 bits per heavy atom. The van der Waals surface area contributed by atoms with Gasteiger partial charge >= 0.3 is 0 Å². The minimum Gasteiger partial charge on any atom is -0.323 e. The zero-order valence-electron chi connectivity index (χ0n) is 16.4. The molecular weight excluding hydrogens is 418 g/mol. The molecule has 6 nitrogen and oxygen atoms in total. The van der Waals surface area contributed by atoms with E-state index in [4.69, 9.17) is 0 Å². The third kappa shape index (κ3) is 4.60. The summed E-state index contributed by atoms with van der Waals surface area (Å²) in [6.07, 6.45) is 3.80. The summed E-state index contributed by atoms with van der Waals surface area (Å²) in [6.45, 7) is 2.48. The molecule has 8 heteroatoms. The number of nitrogens with zero attached hydrogens (tertiary/aromatic N) is 2. The number of nitrogens with one attached hydrogen (secondary N) is 1. The number of aromatic nitrogens is 1. The van der Waals surface area contributed by atoms with Crippen molar-refractivity contribution in [1.82, 2.24) is 4.98 Å². The summed E-state index contributed by atoms with van der Waals surface area (Å²) in [6, 6.07) is 14.7. The van der Waals surface area contributed by atoms with Crippen LogP contribution < -0.4 is 9.62 Å². The monoisotopic (exact) mass is 439 g/mol. The van der Waals surface area contributed by atoms with Gasteiger partial charge in [-0.15, -0.1) is 11.3 Å². The van der Waals surface area contributed by atoms with Crippen LogP contribution in [0.15, 0.2) is 60.0 Å². The van der Waals surface area contributed by atoms with Gasteiger partial charge in [-0.05, 0) is 49.2 Å². The molecule has 0 bridgehead atoms. The van der Waals surface area contributed by atoms with Crippen LogP contribution in [0.5, 0.6) is 0 Å². The van der Waals surface area contributed by atoms with Crippen LogP contribution in [0.1, 0.15) is 17.0 Å². The molecule has 0 saturated carbocycles. The molecule has 2 heterocycles. The number of sulfonamides is 1. The Balaban J connectivity index is 1.37. The number of carbonyl (C=O) groups is 1. The highest BCUT2D eigenvalue weighted by Crippen LogP contribution is 2.25. The fourth-order valence-electron chi connectivity index (χ4n) is 3.26. The van der Waals surface area contributed by atoms with Crippen LogP contribution in [0.3, 0.4) is 0 Å². The third-order valence-electron chi connectivity index (χ3n) is 4.77. The molecule has 3 aromatic rings. The van der Waals surface area contributed by atoms with Crippen molar-refractivity contribution in [3.63, 3.8) is 0 Å². The van der Waals surface area contributed by atoms with Crippen LogP contribution in [0.2, 0.25) is 0 Å². The first kappa shape index (κ1) is 20.3. The molecule has 0 aliphatic carbocycles. The van der Waals surface area contributed by atoms with Crippen LogP contribution in [0.4, 0.5) is 11.4 Å². The number of hydrogen-bond acceptors (Lipinski definition) is 5. The van der Waals surface area contributed by atoms with Crippen LogP contribution in [0.25, 0.3) is 17.3 Å². The zero-order valence-corrected chi connectivity index (χ0v) is 18.0. The molecule has 1 aliphatic heterocycles. The van der Waals surface area contributed by atoms with E-state index in [9.17, 15) is 13.2 Å². The first-order valence-corrected chi connectivity index (χ1v) is 12.0. The van der Waals surface area contributed by atoms with Gasteiger partial charge in [0.1, 0.15) is 0 Å². The van der Waals surface area contributed by atoms with Gasteiger partial charge in [0.05, 0.1) is 22.1 Å². The van der Waals surface area contributed by atoms with E-state index < -0.39 is 10.0 Å². The molecule has 154 valence electrons. The van der Waals surface area contributed by atoms with Gasteiger partial charge in [0.2, 0.25) is 15.9 Å². The summed E-state index contributed by atoms with van der Waals surface area (Å²) in [5.41, 5.74) is 4.12. The summed E-state index contributed by atoms with van der Waals surface area (Å²) >= 11 is 1.60. The molecule has 2 aromatic carbocycles. The molecule has 1 fully saturated rings. The molecular formula is C22H21N3O3S2. The van der Waals surface area contributed by atoms with Crippen molar-refractivity contribution >= 4 is 44.7 Å². The van der Waals surface area contributed by atoms with Gasteiger partial charge in [-0.2, -0.15) is 0 Å². The van der Waals surface area contributed by atoms with Gasteiger partial charge in [0.25, 0.3) is 0 Å². The average Bonchev–Trinajstić information content (AvgIpc) is 3.32. The lowest BCUT2D eigenvalue weighted by Crippen LogP contribution is -2.24. The SMILES string of the molecule is Cc1nc(-c2ccc(NC(=O)/C=C/c3ccc(N4CCCS4(=O)=O)cc3)cc2)cs1. The smallest absolute Gasteiger partial charge is 0.248 e. The van der Waals surface area contributed by atoms with Crippen molar-refractivity contribution in [2.24, 2.45) is 0 Å². The molecule has 0 spiro atoms. The van der Waals surface area contributed by atoms with Crippen molar-refractivity contribution in [2.45, 2.75) is 13.3 Å². The Kier molecular flexibility index (Phi) is 5.69. The molecule has 1 aliphatic rings. The number of aryl methyl sites for hydroxylation is 1. The fraction of sp³-hybridized carbons (Fsp3) is 0.182. The largest absolute Gasteiger partial charge is 0.323 e. The van der Waals surface area contributed by atoms with Crippen molar-refractivity contribution < 1.29 is 13.2 Å². The summed E-state index contributed by atoms with van der Waals surface area (Å²) in [5, 5.41) is 5.86. The lowest BCUT2D eigenvalue weighted by Gasteiger charge is -2.16. The van der Waals surface area contributed by atoms with Crippen LogP contribution in [0, 0.1) is 6.92 Å². The number of rotatable bonds is 5. The Morgan fingerprint density at radius 1 is 1.13 bits per heavy atom. The van der Waals surface area contributed by atoms with Gasteiger partial charge in [-0.25, -0.2) is 13.4 Å². The predicted molar refractivity (Wildman–Crippen MR) is 122 cm³/mol.